The lowest BCUT2D eigenvalue weighted by Crippen LogP contribution is -2.12. The molecular formula is C9H16O2. The second kappa shape index (κ2) is 3.74. The lowest BCUT2D eigenvalue weighted by molar-refractivity contribution is -0.145. The molecule has 1 aliphatic rings. The van der Waals surface area contributed by atoms with Crippen molar-refractivity contribution in [1.82, 2.24) is 0 Å². The van der Waals surface area contributed by atoms with Crippen molar-refractivity contribution in [3.63, 3.8) is 0 Å². The number of methoxy groups -OCH3 is 1. The third-order valence-electron chi connectivity index (χ3n) is 2.65. The molecule has 2 atom stereocenters. The topological polar surface area (TPSA) is 26.3 Å². The average Bonchev–Trinajstić information content (AvgIpc) is 2.50. The first-order valence-electron chi connectivity index (χ1n) is 4.35. The van der Waals surface area contributed by atoms with Crippen molar-refractivity contribution in [3.05, 3.63) is 0 Å². The summed E-state index contributed by atoms with van der Waals surface area (Å²) in [7, 11) is 1.47. The molecule has 0 aliphatic heterocycles. The highest BCUT2D eigenvalue weighted by Crippen LogP contribution is 2.33. The summed E-state index contributed by atoms with van der Waals surface area (Å²) in [5.41, 5.74) is 0. The number of carbonyl (C=O) groups excluding carboxylic acids is 1. The minimum Gasteiger partial charge on any atom is -0.469 e. The van der Waals surface area contributed by atoms with Crippen LogP contribution in [0.5, 0.6) is 0 Å². The molecule has 2 nitrogen and oxygen atoms in total. The summed E-state index contributed by atoms with van der Waals surface area (Å²) in [4.78, 5) is 11.1. The molecule has 0 spiro atoms. The predicted molar refractivity (Wildman–Crippen MR) is 43.1 cm³/mol. The van der Waals surface area contributed by atoms with Crippen LogP contribution in [0.4, 0.5) is 0 Å². The molecule has 2 heteroatoms. The summed E-state index contributed by atoms with van der Waals surface area (Å²) in [6, 6.07) is 0. The standard InChI is InChI=1S/C9H16O2/c1-3-7-4-5-8(6-7)9(10)11-2/h7-8H,3-6H2,1-2H3/t7-,8+/m1/s1. The third kappa shape index (κ3) is 1.95. The van der Waals surface area contributed by atoms with Gasteiger partial charge in [-0.1, -0.05) is 13.3 Å². The van der Waals surface area contributed by atoms with Crippen LogP contribution < -0.4 is 0 Å². The van der Waals surface area contributed by atoms with Crippen molar-refractivity contribution in [1.29, 1.82) is 0 Å². The van der Waals surface area contributed by atoms with Gasteiger partial charge in [-0.25, -0.2) is 0 Å². The normalized spacial score (nSPS) is 30.4. The maximum atomic E-state index is 11.1. The molecule has 1 aliphatic carbocycles. The lowest BCUT2D eigenvalue weighted by atomic mass is 10.0. The molecule has 0 aromatic carbocycles. The minimum atomic E-state index is -0.0130. The van der Waals surface area contributed by atoms with Crippen molar-refractivity contribution in [2.45, 2.75) is 32.6 Å². The molecule has 1 fully saturated rings. The summed E-state index contributed by atoms with van der Waals surface area (Å²) >= 11 is 0. The van der Waals surface area contributed by atoms with Gasteiger partial charge in [0, 0.05) is 0 Å². The van der Waals surface area contributed by atoms with E-state index in [1.807, 2.05) is 0 Å². The summed E-state index contributed by atoms with van der Waals surface area (Å²) in [5, 5.41) is 0. The molecule has 0 saturated heterocycles. The zero-order valence-electron chi connectivity index (χ0n) is 7.30. The molecule has 0 unspecified atom stereocenters. The van der Waals surface area contributed by atoms with Gasteiger partial charge in [-0.2, -0.15) is 0 Å². The summed E-state index contributed by atoms with van der Waals surface area (Å²) < 4.78 is 4.69. The minimum absolute atomic E-state index is 0.0130. The Morgan fingerprint density at radius 1 is 1.55 bits per heavy atom. The van der Waals surface area contributed by atoms with E-state index < -0.39 is 0 Å². The number of rotatable bonds is 2. The van der Waals surface area contributed by atoms with Crippen LogP contribution in [-0.2, 0) is 9.53 Å². The van der Waals surface area contributed by atoms with Crippen molar-refractivity contribution < 1.29 is 9.53 Å². The Bertz CT molecular complexity index is 142. The SMILES string of the molecule is CC[C@@H]1CC[C@H](C(=O)OC)C1. The van der Waals surface area contributed by atoms with Gasteiger partial charge in [0.05, 0.1) is 13.0 Å². The van der Waals surface area contributed by atoms with E-state index in [1.165, 1.54) is 20.0 Å². The number of hydrogen-bond donors (Lipinski definition) is 0. The highest BCUT2D eigenvalue weighted by atomic mass is 16.5. The number of carbonyl (C=O) groups is 1. The molecule has 0 aromatic rings. The van der Waals surface area contributed by atoms with E-state index in [0.717, 1.165) is 18.8 Å². The maximum Gasteiger partial charge on any atom is 0.308 e. The fourth-order valence-electron chi connectivity index (χ4n) is 1.83. The first kappa shape index (κ1) is 8.57. The van der Waals surface area contributed by atoms with Gasteiger partial charge in [0.1, 0.15) is 0 Å². The fraction of sp³-hybridized carbons (Fsp3) is 0.889. The molecule has 64 valence electrons. The van der Waals surface area contributed by atoms with Crippen LogP contribution in [0.2, 0.25) is 0 Å². The smallest absolute Gasteiger partial charge is 0.308 e. The zero-order valence-corrected chi connectivity index (χ0v) is 7.30. The van der Waals surface area contributed by atoms with Crippen molar-refractivity contribution >= 4 is 5.97 Å². The van der Waals surface area contributed by atoms with Crippen LogP contribution in [0.15, 0.2) is 0 Å². The molecule has 1 saturated carbocycles. The molecule has 0 amide bonds. The largest absolute Gasteiger partial charge is 0.469 e. The van der Waals surface area contributed by atoms with E-state index in [9.17, 15) is 4.79 Å². The van der Waals surface area contributed by atoms with Gasteiger partial charge in [0.2, 0.25) is 0 Å². The first-order valence-corrected chi connectivity index (χ1v) is 4.35. The molecule has 0 bridgehead atoms. The van der Waals surface area contributed by atoms with Crippen LogP contribution in [0, 0.1) is 11.8 Å². The Balaban J connectivity index is 2.35. The van der Waals surface area contributed by atoms with Gasteiger partial charge in [-0.15, -0.1) is 0 Å². The van der Waals surface area contributed by atoms with E-state index in [1.54, 1.807) is 0 Å². The van der Waals surface area contributed by atoms with Gasteiger partial charge in [-0.05, 0) is 25.2 Å². The van der Waals surface area contributed by atoms with Gasteiger partial charge < -0.3 is 4.74 Å². The highest BCUT2D eigenvalue weighted by molar-refractivity contribution is 5.72. The summed E-state index contributed by atoms with van der Waals surface area (Å²) in [6.45, 7) is 2.18. The molecular weight excluding hydrogens is 140 g/mol. The van der Waals surface area contributed by atoms with E-state index in [0.29, 0.717) is 0 Å². The molecule has 0 aromatic heterocycles. The number of hydrogen-bond acceptors (Lipinski definition) is 2. The lowest BCUT2D eigenvalue weighted by Gasteiger charge is -2.06. The molecule has 0 heterocycles. The van der Waals surface area contributed by atoms with Gasteiger partial charge in [0.15, 0.2) is 0 Å². The van der Waals surface area contributed by atoms with E-state index in [2.05, 4.69) is 11.7 Å². The molecule has 0 radical (unpaired) electrons. The van der Waals surface area contributed by atoms with Crippen molar-refractivity contribution in [3.8, 4) is 0 Å². The summed E-state index contributed by atoms with van der Waals surface area (Å²) in [5.74, 6) is 0.949. The van der Waals surface area contributed by atoms with E-state index in [4.69, 9.17) is 0 Å². The number of ether oxygens (including phenoxy) is 1. The van der Waals surface area contributed by atoms with Crippen LogP contribution in [0.3, 0.4) is 0 Å². The Morgan fingerprint density at radius 2 is 2.27 bits per heavy atom. The van der Waals surface area contributed by atoms with Crippen molar-refractivity contribution in [2.24, 2.45) is 11.8 Å². The van der Waals surface area contributed by atoms with E-state index in [-0.39, 0.29) is 11.9 Å². The van der Waals surface area contributed by atoms with E-state index >= 15 is 0 Å². The third-order valence-corrected chi connectivity index (χ3v) is 2.65. The maximum absolute atomic E-state index is 11.1. The Hall–Kier alpha value is -0.530. The Labute approximate surface area is 67.9 Å². The van der Waals surface area contributed by atoms with Crippen LogP contribution in [0.25, 0.3) is 0 Å². The van der Waals surface area contributed by atoms with Crippen LogP contribution in [0.1, 0.15) is 32.6 Å². The first-order chi connectivity index (χ1) is 5.27. The van der Waals surface area contributed by atoms with Gasteiger partial charge in [0.25, 0.3) is 0 Å². The highest BCUT2D eigenvalue weighted by Gasteiger charge is 2.29. The molecule has 11 heavy (non-hydrogen) atoms. The quantitative estimate of drug-likeness (QED) is 0.571. The zero-order chi connectivity index (χ0) is 8.27. The second-order valence-electron chi connectivity index (χ2n) is 3.31. The fourth-order valence-corrected chi connectivity index (χ4v) is 1.83. The predicted octanol–water partition coefficient (Wildman–Crippen LogP) is 1.99. The molecule has 0 N–H and O–H groups in total. The summed E-state index contributed by atoms with van der Waals surface area (Å²) in [6.07, 6.45) is 4.48. The Kier molecular flexibility index (Phi) is 2.92. The average molecular weight is 156 g/mol. The van der Waals surface area contributed by atoms with Gasteiger partial charge >= 0.3 is 5.97 Å². The second-order valence-corrected chi connectivity index (χ2v) is 3.31. The monoisotopic (exact) mass is 156 g/mol. The van der Waals surface area contributed by atoms with Crippen molar-refractivity contribution in [2.75, 3.05) is 7.11 Å². The number of esters is 1. The molecule has 1 rings (SSSR count). The van der Waals surface area contributed by atoms with Crippen LogP contribution >= 0.6 is 0 Å². The van der Waals surface area contributed by atoms with Gasteiger partial charge in [-0.3, -0.25) is 4.79 Å². The van der Waals surface area contributed by atoms with Crippen LogP contribution in [-0.4, -0.2) is 13.1 Å². The Morgan fingerprint density at radius 3 is 2.73 bits per heavy atom.